The van der Waals surface area contributed by atoms with Gasteiger partial charge in [0.25, 0.3) is 0 Å². The second-order valence-corrected chi connectivity index (χ2v) is 8.96. The number of aliphatic hydroxyl groups is 1. The lowest BCUT2D eigenvalue weighted by Crippen LogP contribution is -2.32. The fraction of sp³-hybridized carbons (Fsp3) is 0.455. The number of fused-ring (bicyclic) bond motifs is 3. The first-order valence-electron chi connectivity index (χ1n) is 10.2. The SMILES string of the molecule is CN(C)CCCN1CCc2c(sc3ncnc(NC(CO)c4ccccc4)c23)C1. The molecule has 0 aliphatic carbocycles. The van der Waals surface area contributed by atoms with E-state index in [1.807, 2.05) is 30.3 Å². The van der Waals surface area contributed by atoms with Crippen LogP contribution in [-0.2, 0) is 13.0 Å². The summed E-state index contributed by atoms with van der Waals surface area (Å²) in [6, 6.07) is 9.84. The van der Waals surface area contributed by atoms with Gasteiger partial charge in [-0.1, -0.05) is 30.3 Å². The van der Waals surface area contributed by atoms with Gasteiger partial charge in [-0.3, -0.25) is 4.90 Å². The van der Waals surface area contributed by atoms with Crippen LogP contribution in [-0.4, -0.2) is 65.2 Å². The van der Waals surface area contributed by atoms with E-state index < -0.39 is 0 Å². The average Bonchev–Trinajstić information content (AvgIpc) is 3.11. The number of nitrogens with zero attached hydrogens (tertiary/aromatic N) is 4. The fourth-order valence-corrected chi connectivity index (χ4v) is 5.21. The molecule has 29 heavy (non-hydrogen) atoms. The van der Waals surface area contributed by atoms with Crippen molar-refractivity contribution in [2.45, 2.75) is 25.4 Å². The number of rotatable bonds is 8. The molecule has 154 valence electrons. The Hall–Kier alpha value is -2.06. The largest absolute Gasteiger partial charge is 0.394 e. The van der Waals surface area contributed by atoms with Crippen molar-refractivity contribution in [3.8, 4) is 0 Å². The molecule has 7 heteroatoms. The molecule has 0 bridgehead atoms. The van der Waals surface area contributed by atoms with Gasteiger partial charge in [0, 0.05) is 18.0 Å². The zero-order valence-electron chi connectivity index (χ0n) is 17.1. The van der Waals surface area contributed by atoms with E-state index >= 15 is 0 Å². The Kier molecular flexibility index (Phi) is 6.40. The van der Waals surface area contributed by atoms with Gasteiger partial charge in [-0.05, 0) is 51.2 Å². The molecule has 0 spiro atoms. The lowest BCUT2D eigenvalue weighted by Gasteiger charge is -2.27. The maximum Gasteiger partial charge on any atom is 0.139 e. The highest BCUT2D eigenvalue weighted by Crippen LogP contribution is 2.38. The maximum absolute atomic E-state index is 9.94. The van der Waals surface area contributed by atoms with Gasteiger partial charge in [0.2, 0.25) is 0 Å². The molecule has 0 amide bonds. The first kappa shape index (κ1) is 20.2. The summed E-state index contributed by atoms with van der Waals surface area (Å²) in [6.45, 7) is 4.33. The van der Waals surface area contributed by atoms with Gasteiger partial charge >= 0.3 is 0 Å². The molecule has 2 N–H and O–H groups in total. The molecule has 0 fully saturated rings. The zero-order chi connectivity index (χ0) is 20.2. The van der Waals surface area contributed by atoms with Crippen LogP contribution in [0.2, 0.25) is 0 Å². The Bertz CT molecular complexity index is 943. The second-order valence-electron chi connectivity index (χ2n) is 7.88. The van der Waals surface area contributed by atoms with Crippen LogP contribution in [0.25, 0.3) is 10.2 Å². The van der Waals surface area contributed by atoms with Gasteiger partial charge in [0.15, 0.2) is 0 Å². The summed E-state index contributed by atoms with van der Waals surface area (Å²) in [4.78, 5) is 16.3. The summed E-state index contributed by atoms with van der Waals surface area (Å²) in [5.41, 5.74) is 2.43. The van der Waals surface area contributed by atoms with Crippen molar-refractivity contribution in [2.75, 3.05) is 45.7 Å². The van der Waals surface area contributed by atoms with Gasteiger partial charge in [-0.15, -0.1) is 11.3 Å². The van der Waals surface area contributed by atoms with Crippen LogP contribution in [0.4, 0.5) is 5.82 Å². The molecule has 0 saturated carbocycles. The highest BCUT2D eigenvalue weighted by atomic mass is 32.1. The van der Waals surface area contributed by atoms with Gasteiger partial charge in [0.1, 0.15) is 17.0 Å². The third kappa shape index (κ3) is 4.59. The number of hydrogen-bond acceptors (Lipinski definition) is 7. The lowest BCUT2D eigenvalue weighted by atomic mass is 10.0. The standard InChI is InChI=1S/C22H29N5OS/c1-26(2)10-6-11-27-12-9-17-19(13-27)29-22-20(17)21(23-15-24-22)25-18(14-28)16-7-4-3-5-8-16/h3-5,7-8,15,18,28H,6,9-14H2,1-2H3,(H,23,24,25). The molecule has 0 saturated heterocycles. The van der Waals surface area contributed by atoms with Gasteiger partial charge in [-0.2, -0.15) is 0 Å². The molecule has 1 atom stereocenters. The maximum atomic E-state index is 9.94. The van der Waals surface area contributed by atoms with Crippen LogP contribution in [0.15, 0.2) is 36.7 Å². The van der Waals surface area contributed by atoms with Crippen LogP contribution in [0.5, 0.6) is 0 Å². The van der Waals surface area contributed by atoms with Crippen molar-refractivity contribution in [1.29, 1.82) is 0 Å². The minimum absolute atomic E-state index is 0.0154. The Morgan fingerprint density at radius 2 is 2.07 bits per heavy atom. The molecular weight excluding hydrogens is 382 g/mol. The minimum Gasteiger partial charge on any atom is -0.394 e. The van der Waals surface area contributed by atoms with Crippen molar-refractivity contribution in [3.63, 3.8) is 0 Å². The topological polar surface area (TPSA) is 64.5 Å². The van der Waals surface area contributed by atoms with Crippen molar-refractivity contribution in [1.82, 2.24) is 19.8 Å². The molecule has 1 aromatic carbocycles. The molecule has 1 unspecified atom stereocenters. The normalized spacial score (nSPS) is 15.6. The molecular formula is C22H29N5OS. The summed E-state index contributed by atoms with van der Waals surface area (Å²) in [6.07, 6.45) is 3.84. The van der Waals surface area contributed by atoms with Crippen LogP contribution in [0, 0.1) is 0 Å². The summed E-state index contributed by atoms with van der Waals surface area (Å²) >= 11 is 1.78. The first-order valence-corrected chi connectivity index (χ1v) is 11.0. The van der Waals surface area contributed by atoms with Crippen molar-refractivity contribution in [3.05, 3.63) is 52.7 Å². The average molecular weight is 412 g/mol. The molecule has 0 radical (unpaired) electrons. The summed E-state index contributed by atoms with van der Waals surface area (Å²) in [7, 11) is 4.26. The number of hydrogen-bond donors (Lipinski definition) is 2. The van der Waals surface area contributed by atoms with Gasteiger partial charge in [0.05, 0.1) is 18.0 Å². The molecule has 6 nitrogen and oxygen atoms in total. The van der Waals surface area contributed by atoms with Crippen molar-refractivity contribution in [2.24, 2.45) is 0 Å². The van der Waals surface area contributed by atoms with Crippen LogP contribution < -0.4 is 5.32 Å². The predicted molar refractivity (Wildman–Crippen MR) is 119 cm³/mol. The Morgan fingerprint density at radius 1 is 1.24 bits per heavy atom. The molecule has 1 aliphatic rings. The van der Waals surface area contributed by atoms with E-state index in [4.69, 9.17) is 0 Å². The second kappa shape index (κ2) is 9.17. The Balaban J connectivity index is 1.56. The highest BCUT2D eigenvalue weighted by Gasteiger charge is 2.24. The monoisotopic (exact) mass is 411 g/mol. The van der Waals surface area contributed by atoms with Crippen LogP contribution >= 0.6 is 11.3 Å². The number of aliphatic hydroxyl groups excluding tert-OH is 1. The molecule has 1 aliphatic heterocycles. The number of thiophene rings is 1. The Labute approximate surface area is 176 Å². The van der Waals surface area contributed by atoms with Crippen molar-refractivity contribution >= 4 is 27.4 Å². The van der Waals surface area contributed by atoms with E-state index in [1.165, 1.54) is 16.9 Å². The molecule has 3 heterocycles. The minimum atomic E-state index is -0.184. The van der Waals surface area contributed by atoms with Gasteiger partial charge in [-0.25, -0.2) is 9.97 Å². The van der Waals surface area contributed by atoms with E-state index in [0.717, 1.165) is 54.2 Å². The highest BCUT2D eigenvalue weighted by molar-refractivity contribution is 7.19. The van der Waals surface area contributed by atoms with Gasteiger partial charge < -0.3 is 15.3 Å². The fourth-order valence-electron chi connectivity index (χ4n) is 3.98. The van der Waals surface area contributed by atoms with E-state index in [-0.39, 0.29) is 12.6 Å². The number of nitrogens with one attached hydrogen (secondary N) is 1. The number of aromatic nitrogens is 2. The predicted octanol–water partition coefficient (Wildman–Crippen LogP) is 3.15. The summed E-state index contributed by atoms with van der Waals surface area (Å²) < 4.78 is 0. The third-order valence-corrected chi connectivity index (χ3v) is 6.62. The third-order valence-electron chi connectivity index (χ3n) is 5.49. The number of anilines is 1. The van der Waals surface area contributed by atoms with E-state index in [0.29, 0.717) is 0 Å². The van der Waals surface area contributed by atoms with E-state index in [2.05, 4.69) is 39.2 Å². The molecule has 2 aromatic heterocycles. The molecule has 3 aromatic rings. The first-order chi connectivity index (χ1) is 14.2. The molecule has 4 rings (SSSR count). The summed E-state index contributed by atoms with van der Waals surface area (Å²) in [5.74, 6) is 0.830. The summed E-state index contributed by atoms with van der Waals surface area (Å²) in [5, 5.41) is 14.5. The lowest BCUT2D eigenvalue weighted by molar-refractivity contribution is 0.241. The van der Waals surface area contributed by atoms with E-state index in [9.17, 15) is 5.11 Å². The van der Waals surface area contributed by atoms with Crippen molar-refractivity contribution < 1.29 is 5.11 Å². The van der Waals surface area contributed by atoms with Crippen LogP contribution in [0.1, 0.15) is 28.5 Å². The smallest absolute Gasteiger partial charge is 0.139 e. The zero-order valence-corrected chi connectivity index (χ0v) is 18.0. The Morgan fingerprint density at radius 3 is 2.83 bits per heavy atom. The quantitative estimate of drug-likeness (QED) is 0.594. The van der Waals surface area contributed by atoms with E-state index in [1.54, 1.807) is 17.7 Å². The van der Waals surface area contributed by atoms with Crippen LogP contribution in [0.3, 0.4) is 0 Å². The number of benzene rings is 1.